The van der Waals surface area contributed by atoms with Crippen LogP contribution >= 0.6 is 0 Å². The molecule has 2 N–H and O–H groups in total. The van der Waals surface area contributed by atoms with Crippen LogP contribution in [-0.2, 0) is 4.79 Å². The van der Waals surface area contributed by atoms with Crippen molar-refractivity contribution in [2.75, 3.05) is 6.54 Å². The van der Waals surface area contributed by atoms with Gasteiger partial charge in [-0.3, -0.25) is 9.69 Å². The van der Waals surface area contributed by atoms with E-state index in [0.717, 1.165) is 37.8 Å². The number of nitrogens with zero attached hydrogens (tertiary/aromatic N) is 1. The molecular weight excluding hydrogens is 302 g/mol. The summed E-state index contributed by atoms with van der Waals surface area (Å²) in [7, 11) is 0. The van der Waals surface area contributed by atoms with Crippen molar-refractivity contribution in [1.29, 1.82) is 0 Å². The Bertz CT molecular complexity index is 749. The molecule has 24 heavy (non-hydrogen) atoms. The number of hydrogen-bond donors (Lipinski definition) is 2. The molecule has 3 saturated heterocycles. The van der Waals surface area contributed by atoms with Crippen LogP contribution in [0.25, 0.3) is 0 Å². The summed E-state index contributed by atoms with van der Waals surface area (Å²) in [5.74, 6) is 0.791. The molecule has 12 atom stereocenters. The van der Waals surface area contributed by atoms with Crippen molar-refractivity contribution in [3.63, 3.8) is 0 Å². The van der Waals surface area contributed by atoms with E-state index in [1.165, 1.54) is 0 Å². The van der Waals surface area contributed by atoms with Gasteiger partial charge in [0.1, 0.15) is 5.78 Å². The quantitative estimate of drug-likeness (QED) is 0.651. The molecule has 0 aromatic carbocycles. The molecule has 9 rings (SSSR count). The topological polar surface area (TPSA) is 60.8 Å². The number of ketones is 1. The minimum Gasteiger partial charge on any atom is -0.393 e. The smallest absolute Gasteiger partial charge is 0.146 e. The molecule has 9 aliphatic rings. The average molecular weight is 327 g/mol. The molecule has 6 saturated carbocycles. The maximum Gasteiger partial charge on any atom is 0.146 e. The van der Waals surface area contributed by atoms with E-state index in [-0.39, 0.29) is 45.9 Å². The first-order valence-electron chi connectivity index (χ1n) is 9.68. The summed E-state index contributed by atoms with van der Waals surface area (Å²) in [4.78, 5) is 16.2. The van der Waals surface area contributed by atoms with Gasteiger partial charge in [0, 0.05) is 35.9 Å². The first-order valence-corrected chi connectivity index (χ1v) is 9.68. The van der Waals surface area contributed by atoms with E-state index in [0.29, 0.717) is 18.0 Å². The maximum atomic E-state index is 13.5. The highest BCUT2D eigenvalue weighted by Gasteiger charge is 2.90. The highest BCUT2D eigenvalue weighted by Crippen LogP contribution is 2.86. The van der Waals surface area contributed by atoms with E-state index in [9.17, 15) is 15.0 Å². The van der Waals surface area contributed by atoms with Crippen molar-refractivity contribution in [1.82, 2.24) is 4.90 Å². The lowest BCUT2D eigenvalue weighted by Crippen LogP contribution is -2.66. The summed E-state index contributed by atoms with van der Waals surface area (Å²) >= 11 is 0. The van der Waals surface area contributed by atoms with E-state index < -0.39 is 6.10 Å². The maximum absolute atomic E-state index is 13.5. The molecule has 2 spiro atoms. The zero-order valence-corrected chi connectivity index (χ0v) is 14.1. The van der Waals surface area contributed by atoms with Crippen LogP contribution in [0.5, 0.6) is 0 Å². The van der Waals surface area contributed by atoms with Gasteiger partial charge < -0.3 is 10.2 Å². The molecular formula is C20H25NO3. The molecule has 3 aliphatic heterocycles. The minimum absolute atomic E-state index is 0.0486. The van der Waals surface area contributed by atoms with Crippen molar-refractivity contribution in [2.45, 2.75) is 56.9 Å². The van der Waals surface area contributed by atoms with Crippen molar-refractivity contribution in [3.05, 3.63) is 12.2 Å². The van der Waals surface area contributed by atoms with Crippen molar-refractivity contribution < 1.29 is 15.0 Å². The van der Waals surface area contributed by atoms with Crippen molar-refractivity contribution >= 4 is 5.78 Å². The fourth-order valence-corrected chi connectivity index (χ4v) is 10.4. The minimum atomic E-state index is -0.537. The van der Waals surface area contributed by atoms with Gasteiger partial charge in [0.25, 0.3) is 0 Å². The number of aliphatic hydroxyl groups is 2. The normalized spacial score (nSPS) is 73.0. The van der Waals surface area contributed by atoms with Gasteiger partial charge in [-0.15, -0.1) is 0 Å². The summed E-state index contributed by atoms with van der Waals surface area (Å²) in [5, 5.41) is 21.9. The summed E-state index contributed by atoms with van der Waals surface area (Å²) in [6, 6.07) is 0.897. The molecule has 9 fully saturated rings. The molecule has 128 valence electrons. The van der Waals surface area contributed by atoms with Gasteiger partial charge in [0.15, 0.2) is 0 Å². The Morgan fingerprint density at radius 3 is 2.83 bits per heavy atom. The van der Waals surface area contributed by atoms with Crippen LogP contribution in [-0.4, -0.2) is 51.7 Å². The summed E-state index contributed by atoms with van der Waals surface area (Å²) in [6.45, 7) is 7.60. The SMILES string of the molecule is C=C1C[C@]23C[C@H]4[C@@H]5[C@@]6(C)C[C@H](O)C[C@]57C(C2C(O)[C@H]1C(=O)[C@H]37)N4C6. The molecule has 0 aromatic rings. The Labute approximate surface area is 141 Å². The first kappa shape index (κ1) is 13.5. The Morgan fingerprint density at radius 1 is 1.25 bits per heavy atom. The highest BCUT2D eigenvalue weighted by molar-refractivity contribution is 5.92. The molecule has 9 bridgehead atoms. The fraction of sp³-hybridized carbons (Fsp3) is 0.850. The zero-order valence-electron chi connectivity index (χ0n) is 14.1. The first-order chi connectivity index (χ1) is 11.4. The van der Waals surface area contributed by atoms with E-state index in [1.807, 2.05) is 0 Å². The second kappa shape index (κ2) is 3.30. The molecule has 6 aliphatic carbocycles. The number of hydrogen-bond acceptors (Lipinski definition) is 4. The number of carbonyl (C=O) groups is 1. The highest BCUT2D eigenvalue weighted by atomic mass is 16.3. The summed E-state index contributed by atoms with van der Waals surface area (Å²) in [6.07, 6.45) is 2.87. The third-order valence-corrected chi connectivity index (χ3v) is 9.89. The molecule has 0 amide bonds. The van der Waals surface area contributed by atoms with Crippen LogP contribution in [0.3, 0.4) is 0 Å². The molecule has 3 heterocycles. The average Bonchev–Trinajstić information content (AvgIpc) is 2.88. The van der Waals surface area contributed by atoms with Gasteiger partial charge >= 0.3 is 0 Å². The Kier molecular flexibility index (Phi) is 1.86. The third-order valence-electron chi connectivity index (χ3n) is 9.89. The van der Waals surface area contributed by atoms with E-state index in [1.54, 1.807) is 0 Å². The van der Waals surface area contributed by atoms with Crippen LogP contribution in [0.1, 0.15) is 32.6 Å². The third kappa shape index (κ3) is 0.945. The number of rotatable bonds is 0. The number of piperidine rings is 2. The summed E-state index contributed by atoms with van der Waals surface area (Å²) < 4.78 is 0. The molecule has 4 heteroatoms. The van der Waals surface area contributed by atoms with Gasteiger partial charge in [0.2, 0.25) is 0 Å². The Balaban J connectivity index is 1.55. The van der Waals surface area contributed by atoms with Crippen LogP contribution in [0.15, 0.2) is 12.2 Å². The second-order valence-corrected chi connectivity index (χ2v) is 10.6. The van der Waals surface area contributed by atoms with Gasteiger partial charge in [-0.2, -0.15) is 0 Å². The zero-order chi connectivity index (χ0) is 16.4. The molecule has 4 unspecified atom stereocenters. The van der Waals surface area contributed by atoms with Gasteiger partial charge in [-0.05, 0) is 42.4 Å². The lowest BCUT2D eigenvalue weighted by atomic mass is 9.40. The summed E-state index contributed by atoms with van der Waals surface area (Å²) in [5.41, 5.74) is 1.03. The van der Waals surface area contributed by atoms with Gasteiger partial charge in [-0.1, -0.05) is 19.1 Å². The Hall–Kier alpha value is -0.710. The second-order valence-electron chi connectivity index (χ2n) is 10.6. The standard InChI is InChI=1S/C20H25NO3/c1-8-3-19-6-10-15-18(2)4-9(22)5-20(15)16(19)14(24)11(8)13(23)12(19)17(20)21(10)7-18/h9-13,15-17,22-23H,1,3-7H2,2H3/t9-,10-,11-,12?,13?,15+,16+,17?,18-,19-,20-/m0/s1. The van der Waals surface area contributed by atoms with Crippen molar-refractivity contribution in [3.8, 4) is 0 Å². The van der Waals surface area contributed by atoms with E-state index >= 15 is 0 Å². The van der Waals surface area contributed by atoms with E-state index in [2.05, 4.69) is 18.4 Å². The largest absolute Gasteiger partial charge is 0.393 e. The molecule has 0 aromatic heterocycles. The number of Topliss-reactive ketones (excluding diaryl/α,β-unsaturated/α-hetero) is 1. The number of carbonyl (C=O) groups excluding carboxylic acids is 1. The van der Waals surface area contributed by atoms with Crippen LogP contribution < -0.4 is 0 Å². The van der Waals surface area contributed by atoms with E-state index in [4.69, 9.17) is 0 Å². The number of aliphatic hydroxyl groups excluding tert-OH is 2. The molecule has 0 radical (unpaired) electrons. The lowest BCUT2D eigenvalue weighted by molar-refractivity contribution is -0.178. The van der Waals surface area contributed by atoms with Crippen molar-refractivity contribution in [2.24, 2.45) is 39.9 Å². The fourth-order valence-electron chi connectivity index (χ4n) is 10.4. The number of fused-ring (bicyclic) bond motifs is 1. The van der Waals surface area contributed by atoms with Crippen LogP contribution in [0.2, 0.25) is 0 Å². The predicted molar refractivity (Wildman–Crippen MR) is 85.8 cm³/mol. The monoisotopic (exact) mass is 327 g/mol. The molecule has 4 nitrogen and oxygen atoms in total. The van der Waals surface area contributed by atoms with Gasteiger partial charge in [-0.25, -0.2) is 0 Å². The van der Waals surface area contributed by atoms with Gasteiger partial charge in [0.05, 0.1) is 18.1 Å². The lowest BCUT2D eigenvalue weighted by Gasteiger charge is -2.63. The van der Waals surface area contributed by atoms with Crippen LogP contribution in [0.4, 0.5) is 0 Å². The Morgan fingerprint density at radius 2 is 2.04 bits per heavy atom. The van der Waals surface area contributed by atoms with Crippen LogP contribution in [0, 0.1) is 39.9 Å². The predicted octanol–water partition coefficient (Wildman–Crippen LogP) is 0.972.